The Balaban J connectivity index is 1.88. The highest BCUT2D eigenvalue weighted by atomic mass is 16.4. The number of carboxylic acid groups (broad SMARTS) is 1. The molecule has 132 valence electrons. The van der Waals surface area contributed by atoms with Crippen LogP contribution >= 0.6 is 0 Å². The van der Waals surface area contributed by atoms with Crippen LogP contribution in [-0.2, 0) is 16.0 Å². The number of aliphatic carboxylic acids is 1. The van der Waals surface area contributed by atoms with Crippen molar-refractivity contribution < 1.29 is 14.7 Å². The van der Waals surface area contributed by atoms with Gasteiger partial charge in [-0.3, -0.25) is 14.5 Å². The molecule has 0 saturated carbocycles. The Morgan fingerprint density at radius 2 is 2.25 bits per heavy atom. The third-order valence-corrected chi connectivity index (χ3v) is 3.88. The Hall–Kier alpha value is -2.42. The predicted molar refractivity (Wildman–Crippen MR) is 89.7 cm³/mol. The van der Waals surface area contributed by atoms with Gasteiger partial charge in [-0.2, -0.15) is 4.98 Å². The zero-order valence-corrected chi connectivity index (χ0v) is 13.8. The number of carboxylic acids is 1. The molecule has 24 heavy (non-hydrogen) atoms. The highest BCUT2D eigenvalue weighted by molar-refractivity contribution is 5.78. The summed E-state index contributed by atoms with van der Waals surface area (Å²) in [7, 11) is 0. The minimum absolute atomic E-state index is 0.0195. The lowest BCUT2D eigenvalue weighted by molar-refractivity contribution is -0.137. The van der Waals surface area contributed by atoms with Gasteiger partial charge in [0.15, 0.2) is 0 Å². The maximum atomic E-state index is 11.3. The number of aryl methyl sites for hydroxylation is 1. The van der Waals surface area contributed by atoms with Crippen molar-refractivity contribution in [3.63, 3.8) is 0 Å². The standard InChI is InChI=1S/C15H24N6O3/c1-10-11(3-4-13(23)24)14(20-15(16)19-10)18-5-2-7-21-8-6-17-12(22)9-21/h2-9H2,1H3,(H,17,22)(H,23,24)(H3,16,18,19,20). The van der Waals surface area contributed by atoms with E-state index >= 15 is 0 Å². The molecule has 0 atom stereocenters. The first kappa shape index (κ1) is 17.9. The van der Waals surface area contributed by atoms with Crippen LogP contribution in [0.4, 0.5) is 11.8 Å². The Labute approximate surface area is 140 Å². The lowest BCUT2D eigenvalue weighted by Crippen LogP contribution is -2.47. The molecule has 2 heterocycles. The third-order valence-electron chi connectivity index (χ3n) is 3.88. The first-order valence-corrected chi connectivity index (χ1v) is 8.03. The molecule has 1 aliphatic heterocycles. The number of nitrogens with zero attached hydrogens (tertiary/aromatic N) is 3. The summed E-state index contributed by atoms with van der Waals surface area (Å²) in [5.74, 6) is -0.0377. The van der Waals surface area contributed by atoms with Gasteiger partial charge in [0.05, 0.1) is 6.54 Å². The molecule has 0 radical (unpaired) electrons. The van der Waals surface area contributed by atoms with Gasteiger partial charge in [0.2, 0.25) is 11.9 Å². The second-order valence-electron chi connectivity index (χ2n) is 5.79. The van der Waals surface area contributed by atoms with Crippen LogP contribution in [0.2, 0.25) is 0 Å². The van der Waals surface area contributed by atoms with Crippen LogP contribution in [-0.4, -0.2) is 64.6 Å². The first-order chi connectivity index (χ1) is 11.5. The fraction of sp³-hybridized carbons (Fsp3) is 0.600. The summed E-state index contributed by atoms with van der Waals surface area (Å²) < 4.78 is 0. The summed E-state index contributed by atoms with van der Waals surface area (Å²) in [5.41, 5.74) is 7.16. The van der Waals surface area contributed by atoms with E-state index in [1.165, 1.54) is 0 Å². The number of anilines is 2. The topological polar surface area (TPSA) is 133 Å². The molecule has 0 aliphatic carbocycles. The van der Waals surface area contributed by atoms with Crippen LogP contribution in [0.1, 0.15) is 24.1 Å². The third kappa shape index (κ3) is 5.34. The van der Waals surface area contributed by atoms with Crippen molar-refractivity contribution in [3.8, 4) is 0 Å². The number of carbonyl (C=O) groups excluding carboxylic acids is 1. The van der Waals surface area contributed by atoms with Crippen LogP contribution in [0.15, 0.2) is 0 Å². The quantitative estimate of drug-likeness (QED) is 0.472. The van der Waals surface area contributed by atoms with Gasteiger partial charge in [0.25, 0.3) is 0 Å². The van der Waals surface area contributed by atoms with E-state index in [1.54, 1.807) is 6.92 Å². The van der Waals surface area contributed by atoms with Gasteiger partial charge in [0, 0.05) is 43.9 Å². The SMILES string of the molecule is Cc1nc(N)nc(NCCCN2CCNC(=O)C2)c1CCC(=O)O. The average molecular weight is 336 g/mol. The Bertz CT molecular complexity index is 607. The number of aromatic nitrogens is 2. The molecule has 9 nitrogen and oxygen atoms in total. The maximum absolute atomic E-state index is 11.3. The van der Waals surface area contributed by atoms with Gasteiger partial charge < -0.3 is 21.5 Å². The van der Waals surface area contributed by atoms with Gasteiger partial charge in [-0.25, -0.2) is 4.98 Å². The highest BCUT2D eigenvalue weighted by Crippen LogP contribution is 2.19. The smallest absolute Gasteiger partial charge is 0.303 e. The van der Waals surface area contributed by atoms with E-state index in [1.807, 2.05) is 0 Å². The zero-order chi connectivity index (χ0) is 17.5. The molecule has 1 fully saturated rings. The van der Waals surface area contributed by atoms with Crippen molar-refractivity contribution >= 4 is 23.6 Å². The molecule has 0 bridgehead atoms. The fourth-order valence-corrected chi connectivity index (χ4v) is 2.69. The largest absolute Gasteiger partial charge is 0.481 e. The number of nitrogen functional groups attached to an aromatic ring is 1. The van der Waals surface area contributed by atoms with Crippen LogP contribution in [0.3, 0.4) is 0 Å². The molecular weight excluding hydrogens is 312 g/mol. The number of nitrogens with two attached hydrogens (primary N) is 1. The van der Waals surface area contributed by atoms with Crippen molar-refractivity contribution in [1.82, 2.24) is 20.2 Å². The van der Waals surface area contributed by atoms with Gasteiger partial charge in [-0.1, -0.05) is 0 Å². The van der Waals surface area contributed by atoms with E-state index in [4.69, 9.17) is 10.8 Å². The van der Waals surface area contributed by atoms with Crippen molar-refractivity contribution in [2.75, 3.05) is 43.8 Å². The van der Waals surface area contributed by atoms with Gasteiger partial charge in [-0.05, 0) is 19.8 Å². The maximum Gasteiger partial charge on any atom is 0.303 e. The molecule has 2 rings (SSSR count). The van der Waals surface area contributed by atoms with Gasteiger partial charge in [-0.15, -0.1) is 0 Å². The minimum atomic E-state index is -0.861. The van der Waals surface area contributed by atoms with E-state index < -0.39 is 5.97 Å². The Kier molecular flexibility index (Phi) is 6.30. The molecule has 1 amide bonds. The highest BCUT2D eigenvalue weighted by Gasteiger charge is 2.16. The lowest BCUT2D eigenvalue weighted by Gasteiger charge is -2.26. The van der Waals surface area contributed by atoms with E-state index in [0.717, 1.165) is 25.1 Å². The van der Waals surface area contributed by atoms with Crippen LogP contribution in [0, 0.1) is 6.92 Å². The Morgan fingerprint density at radius 3 is 2.96 bits per heavy atom. The minimum Gasteiger partial charge on any atom is -0.481 e. The summed E-state index contributed by atoms with van der Waals surface area (Å²) in [6.07, 6.45) is 1.22. The van der Waals surface area contributed by atoms with E-state index in [9.17, 15) is 9.59 Å². The first-order valence-electron chi connectivity index (χ1n) is 8.03. The molecule has 1 aliphatic rings. The lowest BCUT2D eigenvalue weighted by atomic mass is 10.1. The predicted octanol–water partition coefficient (Wildman–Crippen LogP) is -0.382. The number of amides is 1. The molecule has 0 aromatic carbocycles. The molecule has 5 N–H and O–H groups in total. The number of hydrogen-bond acceptors (Lipinski definition) is 7. The van der Waals surface area contributed by atoms with E-state index in [-0.39, 0.29) is 18.3 Å². The van der Waals surface area contributed by atoms with Crippen molar-refractivity contribution in [2.45, 2.75) is 26.2 Å². The van der Waals surface area contributed by atoms with Crippen LogP contribution < -0.4 is 16.4 Å². The van der Waals surface area contributed by atoms with Crippen molar-refractivity contribution in [1.29, 1.82) is 0 Å². The molecule has 1 aromatic rings. The van der Waals surface area contributed by atoms with E-state index in [0.29, 0.717) is 37.6 Å². The molecular formula is C15H24N6O3. The second-order valence-corrected chi connectivity index (χ2v) is 5.79. The van der Waals surface area contributed by atoms with E-state index in [2.05, 4.69) is 25.5 Å². The summed E-state index contributed by atoms with van der Waals surface area (Å²) in [6, 6.07) is 0. The van der Waals surface area contributed by atoms with Crippen molar-refractivity contribution in [2.24, 2.45) is 0 Å². The number of rotatable bonds is 8. The number of nitrogens with one attached hydrogen (secondary N) is 2. The summed E-state index contributed by atoms with van der Waals surface area (Å²) >= 11 is 0. The molecule has 1 saturated heterocycles. The zero-order valence-electron chi connectivity index (χ0n) is 13.8. The summed E-state index contributed by atoms with van der Waals surface area (Å²) in [4.78, 5) is 32.5. The monoisotopic (exact) mass is 336 g/mol. The summed E-state index contributed by atoms with van der Waals surface area (Å²) in [6.45, 7) is 5.25. The number of carbonyl (C=O) groups is 2. The molecule has 1 aromatic heterocycles. The van der Waals surface area contributed by atoms with Gasteiger partial charge >= 0.3 is 5.97 Å². The van der Waals surface area contributed by atoms with Crippen LogP contribution in [0.5, 0.6) is 0 Å². The van der Waals surface area contributed by atoms with Gasteiger partial charge in [0.1, 0.15) is 5.82 Å². The Morgan fingerprint density at radius 1 is 1.46 bits per heavy atom. The number of piperazine rings is 1. The normalized spacial score (nSPS) is 15.1. The van der Waals surface area contributed by atoms with Crippen LogP contribution in [0.25, 0.3) is 0 Å². The fourth-order valence-electron chi connectivity index (χ4n) is 2.69. The number of hydrogen-bond donors (Lipinski definition) is 4. The van der Waals surface area contributed by atoms with Crippen molar-refractivity contribution in [3.05, 3.63) is 11.3 Å². The average Bonchev–Trinajstić information content (AvgIpc) is 2.50. The molecule has 0 spiro atoms. The molecule has 9 heteroatoms. The molecule has 0 unspecified atom stereocenters. The second kappa shape index (κ2) is 8.44. The summed E-state index contributed by atoms with van der Waals surface area (Å²) in [5, 5.41) is 14.9.